The Balaban J connectivity index is 1.53. The number of piperidine rings is 3. The van der Waals surface area contributed by atoms with Gasteiger partial charge in [-0.25, -0.2) is 4.98 Å². The summed E-state index contributed by atoms with van der Waals surface area (Å²) in [5.41, 5.74) is 1.52. The number of fused-ring (bicyclic) bond motifs is 4. The Morgan fingerprint density at radius 1 is 1.29 bits per heavy atom. The molecule has 0 saturated carbocycles. The number of hydrogen-bond acceptors (Lipinski definition) is 3. The third kappa shape index (κ3) is 2.46. The van der Waals surface area contributed by atoms with E-state index in [1.807, 2.05) is 28.9 Å². The summed E-state index contributed by atoms with van der Waals surface area (Å²) in [7, 11) is 0. The quantitative estimate of drug-likeness (QED) is 0.901. The predicted octanol–water partition coefficient (Wildman–Crippen LogP) is 1.92. The van der Waals surface area contributed by atoms with E-state index >= 15 is 0 Å². The lowest BCUT2D eigenvalue weighted by atomic mass is 9.84. The van der Waals surface area contributed by atoms with Crippen molar-refractivity contribution in [1.29, 1.82) is 0 Å². The number of carbonyl (C=O) groups is 1. The van der Waals surface area contributed by atoms with Crippen LogP contribution in [0.2, 0.25) is 0 Å². The van der Waals surface area contributed by atoms with Gasteiger partial charge in [-0.2, -0.15) is 0 Å². The van der Waals surface area contributed by atoms with Crippen molar-refractivity contribution < 1.29 is 4.79 Å². The van der Waals surface area contributed by atoms with Gasteiger partial charge in [0.2, 0.25) is 0 Å². The second-order valence-corrected chi connectivity index (χ2v) is 6.78. The Bertz CT molecular complexity index is 690. The van der Waals surface area contributed by atoms with Crippen molar-refractivity contribution in [2.24, 2.45) is 5.92 Å². The maximum Gasteiger partial charge on any atom is 0.253 e. The fraction of sp³-hybridized carbons (Fsp3) is 0.467. The summed E-state index contributed by atoms with van der Waals surface area (Å²) < 4.78 is 2.65. The largest absolute Gasteiger partial charge is 0.348 e. The summed E-state index contributed by atoms with van der Waals surface area (Å²) >= 11 is 3.35. The number of halogens is 1. The van der Waals surface area contributed by atoms with E-state index in [0.29, 0.717) is 17.5 Å². The molecular weight excluding hydrogens is 332 g/mol. The number of carbonyl (C=O) groups excluding carboxylic acids is 1. The maximum atomic E-state index is 12.5. The van der Waals surface area contributed by atoms with Crippen molar-refractivity contribution in [1.82, 2.24) is 19.6 Å². The average Bonchev–Trinajstić information content (AvgIpc) is 2.87. The van der Waals surface area contributed by atoms with Gasteiger partial charge in [-0.15, -0.1) is 0 Å². The topological polar surface area (TPSA) is 49.6 Å². The van der Waals surface area contributed by atoms with Crippen LogP contribution < -0.4 is 5.32 Å². The van der Waals surface area contributed by atoms with Crippen molar-refractivity contribution in [3.05, 3.63) is 34.7 Å². The highest BCUT2D eigenvalue weighted by Gasteiger charge is 2.34. The van der Waals surface area contributed by atoms with Crippen LogP contribution in [0.25, 0.3) is 5.65 Å². The van der Waals surface area contributed by atoms with Gasteiger partial charge in [0.1, 0.15) is 10.3 Å². The van der Waals surface area contributed by atoms with Crippen LogP contribution in [-0.4, -0.2) is 45.9 Å². The van der Waals surface area contributed by atoms with Crippen LogP contribution in [0, 0.1) is 5.92 Å². The molecular formula is C15H17BrN4O. The number of nitrogens with one attached hydrogen (secondary N) is 1. The zero-order valence-corrected chi connectivity index (χ0v) is 13.2. The van der Waals surface area contributed by atoms with Crippen LogP contribution in [-0.2, 0) is 0 Å². The lowest BCUT2D eigenvalue weighted by molar-refractivity contribution is 0.0620. The third-order valence-electron chi connectivity index (χ3n) is 4.66. The molecule has 3 aliphatic heterocycles. The van der Waals surface area contributed by atoms with Crippen LogP contribution >= 0.6 is 15.9 Å². The highest BCUT2D eigenvalue weighted by molar-refractivity contribution is 9.10. The van der Waals surface area contributed by atoms with E-state index in [9.17, 15) is 4.79 Å². The number of amides is 1. The lowest BCUT2D eigenvalue weighted by Crippen LogP contribution is -2.57. The molecule has 5 nitrogen and oxygen atoms in total. The zero-order valence-electron chi connectivity index (χ0n) is 11.6. The first-order chi connectivity index (χ1) is 10.2. The smallest absolute Gasteiger partial charge is 0.253 e. The molecule has 5 heterocycles. The van der Waals surface area contributed by atoms with E-state index in [-0.39, 0.29) is 5.91 Å². The first kappa shape index (κ1) is 13.3. The molecule has 1 atom stereocenters. The first-order valence-electron chi connectivity index (χ1n) is 7.36. The minimum atomic E-state index is 0.0143. The van der Waals surface area contributed by atoms with Crippen molar-refractivity contribution in [3.8, 4) is 0 Å². The van der Waals surface area contributed by atoms with Crippen molar-refractivity contribution in [3.63, 3.8) is 0 Å². The molecule has 0 radical (unpaired) electrons. The lowest BCUT2D eigenvalue weighted by Gasteiger charge is -2.44. The van der Waals surface area contributed by atoms with Crippen molar-refractivity contribution >= 4 is 27.5 Å². The highest BCUT2D eigenvalue weighted by Crippen LogP contribution is 2.27. The molecule has 0 aliphatic carbocycles. The van der Waals surface area contributed by atoms with Gasteiger partial charge in [0.05, 0.1) is 5.56 Å². The number of aromatic nitrogens is 2. The average molecular weight is 349 g/mol. The molecule has 0 aromatic carbocycles. The molecule has 1 amide bonds. The van der Waals surface area contributed by atoms with E-state index in [4.69, 9.17) is 0 Å². The fourth-order valence-electron chi connectivity index (χ4n) is 3.48. The number of nitrogens with zero attached hydrogens (tertiary/aromatic N) is 3. The Morgan fingerprint density at radius 3 is 2.81 bits per heavy atom. The number of imidazole rings is 1. The first-order valence-corrected chi connectivity index (χ1v) is 8.16. The summed E-state index contributed by atoms with van der Waals surface area (Å²) in [5, 5.41) is 3.21. The van der Waals surface area contributed by atoms with E-state index in [0.717, 1.165) is 16.8 Å². The normalized spacial score (nSPS) is 28.0. The minimum absolute atomic E-state index is 0.0143. The van der Waals surface area contributed by atoms with Crippen LogP contribution in [0.1, 0.15) is 23.2 Å². The Kier molecular flexibility index (Phi) is 3.23. The SMILES string of the molecule is O=C(N[C@H]1CN2CCC1CC2)c1ccc2nc(Br)cn2c1. The molecule has 21 heavy (non-hydrogen) atoms. The van der Waals surface area contributed by atoms with Gasteiger partial charge in [0.15, 0.2) is 0 Å². The van der Waals surface area contributed by atoms with Gasteiger partial charge >= 0.3 is 0 Å². The van der Waals surface area contributed by atoms with Gasteiger partial charge in [-0.05, 0) is 59.9 Å². The number of pyridine rings is 1. The predicted molar refractivity (Wildman–Crippen MR) is 83.3 cm³/mol. The molecule has 5 rings (SSSR count). The van der Waals surface area contributed by atoms with Gasteiger partial charge in [0, 0.05) is 25.0 Å². The molecule has 3 aliphatic rings. The highest BCUT2D eigenvalue weighted by atomic mass is 79.9. The third-order valence-corrected chi connectivity index (χ3v) is 5.04. The second kappa shape index (κ2) is 5.10. The summed E-state index contributed by atoms with van der Waals surface area (Å²) in [4.78, 5) is 19.2. The monoisotopic (exact) mass is 348 g/mol. The summed E-state index contributed by atoms with van der Waals surface area (Å²) in [5.74, 6) is 0.658. The molecule has 0 spiro atoms. The Hall–Kier alpha value is -1.40. The zero-order chi connectivity index (χ0) is 14.4. The molecule has 2 aromatic rings. The molecule has 1 N–H and O–H groups in total. The molecule has 0 unspecified atom stereocenters. The van der Waals surface area contributed by atoms with Crippen LogP contribution in [0.15, 0.2) is 29.1 Å². The molecule has 2 bridgehead atoms. The van der Waals surface area contributed by atoms with Gasteiger partial charge in [-0.1, -0.05) is 0 Å². The second-order valence-electron chi connectivity index (χ2n) is 5.96. The van der Waals surface area contributed by atoms with Crippen LogP contribution in [0.5, 0.6) is 0 Å². The maximum absolute atomic E-state index is 12.5. The standard InChI is InChI=1S/C15H17BrN4O/c16-13-9-20-7-11(1-2-14(20)18-13)15(21)17-12-8-19-5-3-10(12)4-6-19/h1-2,7,9-10,12H,3-6,8H2,(H,17,21)/t12-/m0/s1. The minimum Gasteiger partial charge on any atom is -0.348 e. The fourth-order valence-corrected chi connectivity index (χ4v) is 3.88. The van der Waals surface area contributed by atoms with E-state index in [1.165, 1.54) is 25.9 Å². The van der Waals surface area contributed by atoms with Gasteiger partial charge < -0.3 is 14.6 Å². The van der Waals surface area contributed by atoms with Gasteiger partial charge in [0.25, 0.3) is 5.91 Å². The van der Waals surface area contributed by atoms with Crippen molar-refractivity contribution in [2.75, 3.05) is 19.6 Å². The molecule has 3 fully saturated rings. The van der Waals surface area contributed by atoms with Crippen LogP contribution in [0.3, 0.4) is 0 Å². The Morgan fingerprint density at radius 2 is 2.10 bits per heavy atom. The number of rotatable bonds is 2. The van der Waals surface area contributed by atoms with E-state index in [1.54, 1.807) is 0 Å². The van der Waals surface area contributed by atoms with Crippen LogP contribution in [0.4, 0.5) is 0 Å². The number of hydrogen-bond donors (Lipinski definition) is 1. The summed E-state index contributed by atoms with van der Waals surface area (Å²) in [6.07, 6.45) is 6.11. The van der Waals surface area contributed by atoms with Gasteiger partial charge in [-0.3, -0.25) is 4.79 Å². The van der Waals surface area contributed by atoms with E-state index in [2.05, 4.69) is 31.1 Å². The summed E-state index contributed by atoms with van der Waals surface area (Å²) in [6.45, 7) is 3.37. The summed E-state index contributed by atoms with van der Waals surface area (Å²) in [6, 6.07) is 4.01. The van der Waals surface area contributed by atoms with Crippen molar-refractivity contribution in [2.45, 2.75) is 18.9 Å². The Labute approximate surface area is 131 Å². The molecule has 2 aromatic heterocycles. The molecule has 110 valence electrons. The molecule has 6 heteroatoms. The van der Waals surface area contributed by atoms with E-state index < -0.39 is 0 Å². The molecule has 3 saturated heterocycles.